The molecule has 20 heavy (non-hydrogen) atoms. The maximum atomic E-state index is 13.2. The van der Waals surface area contributed by atoms with Crippen LogP contribution in [0.1, 0.15) is 27.0 Å². The van der Waals surface area contributed by atoms with Crippen LogP contribution in [-0.4, -0.2) is 5.91 Å². The Morgan fingerprint density at radius 2 is 2.00 bits per heavy atom. The highest BCUT2D eigenvalue weighted by molar-refractivity contribution is 5.95. The molecule has 0 bridgehead atoms. The van der Waals surface area contributed by atoms with E-state index in [1.165, 1.54) is 12.1 Å². The van der Waals surface area contributed by atoms with Gasteiger partial charge in [0.05, 0.1) is 0 Å². The van der Waals surface area contributed by atoms with E-state index in [1.807, 2.05) is 25.1 Å². The number of hydrogen-bond donors (Lipinski definition) is 2. The van der Waals surface area contributed by atoms with E-state index in [4.69, 9.17) is 5.73 Å². The molecule has 2 rings (SSSR count). The zero-order chi connectivity index (χ0) is 14.7. The number of carbonyl (C=O) groups excluding carboxylic acids is 1. The number of anilines is 1. The van der Waals surface area contributed by atoms with Crippen molar-refractivity contribution in [3.05, 3.63) is 64.5 Å². The predicted octanol–water partition coefficient (Wildman–Crippen LogP) is 2.95. The van der Waals surface area contributed by atoms with E-state index in [2.05, 4.69) is 5.32 Å². The average molecular weight is 272 g/mol. The molecule has 2 aromatic rings. The summed E-state index contributed by atoms with van der Waals surface area (Å²) in [5, 5.41) is 2.79. The van der Waals surface area contributed by atoms with E-state index < -0.39 is 5.82 Å². The van der Waals surface area contributed by atoms with Crippen LogP contribution in [0.5, 0.6) is 0 Å². The fraction of sp³-hybridized carbons (Fsp3) is 0.188. The molecule has 104 valence electrons. The maximum Gasteiger partial charge on any atom is 0.251 e. The first kappa shape index (κ1) is 14.1. The summed E-state index contributed by atoms with van der Waals surface area (Å²) < 4.78 is 13.2. The van der Waals surface area contributed by atoms with Gasteiger partial charge in [0.2, 0.25) is 0 Å². The highest BCUT2D eigenvalue weighted by Crippen LogP contribution is 2.16. The van der Waals surface area contributed by atoms with E-state index >= 15 is 0 Å². The summed E-state index contributed by atoms with van der Waals surface area (Å²) in [6.45, 7) is 4.05. The second kappa shape index (κ2) is 5.74. The van der Waals surface area contributed by atoms with Gasteiger partial charge < -0.3 is 11.1 Å². The molecular weight excluding hydrogens is 255 g/mol. The van der Waals surface area contributed by atoms with Crippen molar-refractivity contribution < 1.29 is 9.18 Å². The molecular formula is C16H17FN2O. The second-order valence-corrected chi connectivity index (χ2v) is 4.77. The smallest absolute Gasteiger partial charge is 0.251 e. The number of rotatable bonds is 3. The summed E-state index contributed by atoms with van der Waals surface area (Å²) in [5.74, 6) is -0.704. The van der Waals surface area contributed by atoms with Gasteiger partial charge in [-0.3, -0.25) is 4.79 Å². The van der Waals surface area contributed by atoms with Crippen LogP contribution in [0.2, 0.25) is 0 Å². The Balaban J connectivity index is 2.13. The lowest BCUT2D eigenvalue weighted by Gasteiger charge is -2.11. The molecule has 0 heterocycles. The van der Waals surface area contributed by atoms with Crippen LogP contribution in [0, 0.1) is 19.7 Å². The lowest BCUT2D eigenvalue weighted by Crippen LogP contribution is -2.24. The first-order chi connectivity index (χ1) is 9.49. The molecule has 0 fully saturated rings. The molecule has 0 unspecified atom stereocenters. The normalized spacial score (nSPS) is 10.3. The Kier molecular flexibility index (Phi) is 4.03. The van der Waals surface area contributed by atoms with Crippen LogP contribution in [0.4, 0.5) is 10.1 Å². The van der Waals surface area contributed by atoms with Gasteiger partial charge in [0, 0.05) is 17.8 Å². The highest BCUT2D eigenvalue weighted by Gasteiger charge is 2.10. The minimum Gasteiger partial charge on any atom is -0.399 e. The van der Waals surface area contributed by atoms with Crippen LogP contribution in [-0.2, 0) is 6.54 Å². The zero-order valence-corrected chi connectivity index (χ0v) is 11.5. The third kappa shape index (κ3) is 2.96. The standard InChI is InChI=1S/C16H17FN2O/c1-10-6-7-13(17)8-14(10)16(20)19-9-12-4-3-5-15(18)11(12)2/h3-8H,9,18H2,1-2H3,(H,19,20). The van der Waals surface area contributed by atoms with E-state index in [1.54, 1.807) is 13.0 Å². The Labute approximate surface area is 117 Å². The van der Waals surface area contributed by atoms with E-state index in [0.29, 0.717) is 17.8 Å². The fourth-order valence-electron chi connectivity index (χ4n) is 2.00. The van der Waals surface area contributed by atoms with Crippen LogP contribution in [0.3, 0.4) is 0 Å². The lowest BCUT2D eigenvalue weighted by molar-refractivity contribution is 0.0950. The van der Waals surface area contributed by atoms with Crippen LogP contribution < -0.4 is 11.1 Å². The number of aryl methyl sites for hydroxylation is 1. The maximum absolute atomic E-state index is 13.2. The first-order valence-electron chi connectivity index (χ1n) is 6.37. The minimum atomic E-state index is -0.416. The Bertz CT molecular complexity index is 653. The number of benzene rings is 2. The van der Waals surface area contributed by atoms with E-state index in [0.717, 1.165) is 16.7 Å². The summed E-state index contributed by atoms with van der Waals surface area (Å²) in [4.78, 5) is 12.1. The van der Waals surface area contributed by atoms with Crippen molar-refractivity contribution in [2.24, 2.45) is 0 Å². The Morgan fingerprint density at radius 3 is 2.75 bits per heavy atom. The zero-order valence-electron chi connectivity index (χ0n) is 11.5. The Hall–Kier alpha value is -2.36. The average Bonchev–Trinajstić information content (AvgIpc) is 2.43. The second-order valence-electron chi connectivity index (χ2n) is 4.77. The van der Waals surface area contributed by atoms with Crippen LogP contribution >= 0.6 is 0 Å². The number of amides is 1. The molecule has 0 saturated heterocycles. The third-order valence-corrected chi connectivity index (χ3v) is 3.37. The summed E-state index contributed by atoms with van der Waals surface area (Å²) in [7, 11) is 0. The van der Waals surface area contributed by atoms with Crippen LogP contribution in [0.15, 0.2) is 36.4 Å². The van der Waals surface area contributed by atoms with Gasteiger partial charge >= 0.3 is 0 Å². The number of nitrogen functional groups attached to an aromatic ring is 1. The molecule has 1 amide bonds. The summed E-state index contributed by atoms with van der Waals surface area (Å²) in [5.41, 5.74) is 9.51. The minimum absolute atomic E-state index is 0.288. The molecule has 0 spiro atoms. The van der Waals surface area contributed by atoms with Gasteiger partial charge in [-0.25, -0.2) is 4.39 Å². The van der Waals surface area contributed by atoms with Crippen molar-refractivity contribution in [2.45, 2.75) is 20.4 Å². The van der Waals surface area contributed by atoms with Gasteiger partial charge in [-0.05, 0) is 48.7 Å². The first-order valence-corrected chi connectivity index (χ1v) is 6.37. The summed E-state index contributed by atoms with van der Waals surface area (Å²) in [6, 6.07) is 9.75. The largest absolute Gasteiger partial charge is 0.399 e. The van der Waals surface area contributed by atoms with E-state index in [9.17, 15) is 9.18 Å². The molecule has 2 aromatic carbocycles. The monoisotopic (exact) mass is 272 g/mol. The lowest BCUT2D eigenvalue weighted by atomic mass is 10.1. The number of nitrogens with two attached hydrogens (primary N) is 1. The molecule has 0 aliphatic heterocycles. The Morgan fingerprint density at radius 1 is 1.25 bits per heavy atom. The van der Waals surface area contributed by atoms with Crippen LogP contribution in [0.25, 0.3) is 0 Å². The van der Waals surface area contributed by atoms with Crippen molar-refractivity contribution in [1.29, 1.82) is 0 Å². The summed E-state index contributed by atoms with van der Waals surface area (Å²) >= 11 is 0. The van der Waals surface area contributed by atoms with Crippen molar-refractivity contribution >= 4 is 11.6 Å². The molecule has 0 radical (unpaired) electrons. The third-order valence-electron chi connectivity index (χ3n) is 3.37. The van der Waals surface area contributed by atoms with Gasteiger partial charge in [0.25, 0.3) is 5.91 Å². The molecule has 3 nitrogen and oxygen atoms in total. The quantitative estimate of drug-likeness (QED) is 0.844. The van der Waals surface area contributed by atoms with Crippen molar-refractivity contribution in [3.63, 3.8) is 0 Å². The number of carbonyl (C=O) groups is 1. The van der Waals surface area contributed by atoms with Gasteiger partial charge in [-0.2, -0.15) is 0 Å². The molecule has 0 atom stereocenters. The number of hydrogen-bond acceptors (Lipinski definition) is 2. The van der Waals surface area contributed by atoms with Crippen molar-refractivity contribution in [3.8, 4) is 0 Å². The van der Waals surface area contributed by atoms with Crippen molar-refractivity contribution in [2.75, 3.05) is 5.73 Å². The molecule has 3 N–H and O–H groups in total. The summed E-state index contributed by atoms with van der Waals surface area (Å²) in [6.07, 6.45) is 0. The van der Waals surface area contributed by atoms with Gasteiger partial charge in [-0.15, -0.1) is 0 Å². The topological polar surface area (TPSA) is 55.1 Å². The molecule has 0 aliphatic rings. The molecule has 0 aliphatic carbocycles. The van der Waals surface area contributed by atoms with Crippen molar-refractivity contribution in [1.82, 2.24) is 5.32 Å². The van der Waals surface area contributed by atoms with Gasteiger partial charge in [0.15, 0.2) is 0 Å². The highest BCUT2D eigenvalue weighted by atomic mass is 19.1. The number of halogens is 1. The SMILES string of the molecule is Cc1ccc(F)cc1C(=O)NCc1cccc(N)c1C. The van der Waals surface area contributed by atoms with E-state index in [-0.39, 0.29) is 5.91 Å². The fourth-order valence-corrected chi connectivity index (χ4v) is 2.00. The molecule has 4 heteroatoms. The van der Waals surface area contributed by atoms with Gasteiger partial charge in [-0.1, -0.05) is 18.2 Å². The number of nitrogens with one attached hydrogen (secondary N) is 1. The molecule has 0 aromatic heterocycles. The van der Waals surface area contributed by atoms with Gasteiger partial charge in [0.1, 0.15) is 5.82 Å². The predicted molar refractivity (Wildman–Crippen MR) is 77.9 cm³/mol. The molecule has 0 saturated carbocycles.